The Kier molecular flexibility index (Phi) is 10.6. The van der Waals surface area contributed by atoms with Crippen LogP contribution in [0, 0.1) is 5.41 Å². The van der Waals surface area contributed by atoms with Crippen molar-refractivity contribution in [2.24, 2.45) is 10.4 Å². The minimum atomic E-state index is 0. The molecule has 2 aromatic rings. The minimum Gasteiger partial charge on any atom is -0.380 e. The zero-order valence-corrected chi connectivity index (χ0v) is 20.5. The first-order valence-electron chi connectivity index (χ1n) is 10.5. The fourth-order valence-electron chi connectivity index (χ4n) is 3.48. The van der Waals surface area contributed by atoms with Crippen LogP contribution in [0.3, 0.4) is 0 Å². The molecular weight excluding hydrogens is 487 g/mol. The molecule has 1 saturated heterocycles. The summed E-state index contributed by atoms with van der Waals surface area (Å²) in [5, 5.41) is 6.87. The number of nitrogens with zero attached hydrogens (tertiary/aromatic N) is 2. The number of halogens is 1. The second kappa shape index (κ2) is 12.9. The van der Waals surface area contributed by atoms with Gasteiger partial charge in [-0.2, -0.15) is 0 Å². The molecule has 0 spiro atoms. The van der Waals surface area contributed by atoms with Crippen molar-refractivity contribution in [1.29, 1.82) is 0 Å². The molecule has 0 bridgehead atoms. The molecule has 0 atom stereocenters. The van der Waals surface area contributed by atoms with Crippen molar-refractivity contribution in [3.05, 3.63) is 71.8 Å². The zero-order valence-electron chi connectivity index (χ0n) is 18.1. The number of ether oxygens (including phenoxy) is 1. The molecule has 0 saturated carbocycles. The molecule has 30 heavy (non-hydrogen) atoms. The van der Waals surface area contributed by atoms with Crippen molar-refractivity contribution >= 4 is 29.9 Å². The summed E-state index contributed by atoms with van der Waals surface area (Å²) in [7, 11) is 1.83. The van der Waals surface area contributed by atoms with Crippen molar-refractivity contribution in [3.63, 3.8) is 0 Å². The first kappa shape index (κ1) is 24.6. The molecule has 5 nitrogen and oxygen atoms in total. The van der Waals surface area contributed by atoms with Crippen LogP contribution in [0.4, 0.5) is 0 Å². The van der Waals surface area contributed by atoms with Crippen molar-refractivity contribution in [3.8, 4) is 0 Å². The van der Waals surface area contributed by atoms with Crippen LogP contribution in [-0.2, 0) is 17.8 Å². The van der Waals surface area contributed by atoms with E-state index in [2.05, 4.69) is 88.1 Å². The number of nitrogens with one attached hydrogen (secondary N) is 2. The Morgan fingerprint density at radius 2 is 1.53 bits per heavy atom. The van der Waals surface area contributed by atoms with E-state index in [1.165, 1.54) is 11.1 Å². The normalized spacial score (nSPS) is 15.2. The number of benzene rings is 2. The van der Waals surface area contributed by atoms with Crippen LogP contribution in [0.25, 0.3) is 0 Å². The topological polar surface area (TPSA) is 48.9 Å². The summed E-state index contributed by atoms with van der Waals surface area (Å²) in [6.45, 7) is 8.62. The lowest BCUT2D eigenvalue weighted by Gasteiger charge is -2.38. The Bertz CT molecular complexity index is 709. The third-order valence-electron chi connectivity index (χ3n) is 5.25. The Hall–Kier alpha value is -1.64. The van der Waals surface area contributed by atoms with Crippen LogP contribution in [0.5, 0.6) is 0 Å². The summed E-state index contributed by atoms with van der Waals surface area (Å²) >= 11 is 0. The number of hydrogen-bond acceptors (Lipinski definition) is 3. The number of hydrogen-bond donors (Lipinski definition) is 2. The second-order valence-electron chi connectivity index (χ2n) is 8.19. The molecular formula is C24H35IN4O. The summed E-state index contributed by atoms with van der Waals surface area (Å²) in [5.41, 5.74) is 2.94. The van der Waals surface area contributed by atoms with Gasteiger partial charge in [0.1, 0.15) is 0 Å². The van der Waals surface area contributed by atoms with Gasteiger partial charge < -0.3 is 15.4 Å². The highest BCUT2D eigenvalue weighted by molar-refractivity contribution is 14.0. The van der Waals surface area contributed by atoms with Crippen molar-refractivity contribution in [2.75, 3.05) is 39.9 Å². The molecule has 0 aliphatic carbocycles. The quantitative estimate of drug-likeness (QED) is 0.215. The molecule has 0 amide bonds. The fourth-order valence-corrected chi connectivity index (χ4v) is 3.48. The molecule has 1 fully saturated rings. The first-order chi connectivity index (χ1) is 14.2. The van der Waals surface area contributed by atoms with E-state index in [1.54, 1.807) is 0 Å². The van der Waals surface area contributed by atoms with E-state index < -0.39 is 0 Å². The maximum absolute atomic E-state index is 5.32. The van der Waals surface area contributed by atoms with Gasteiger partial charge in [-0.3, -0.25) is 9.89 Å². The van der Waals surface area contributed by atoms with Gasteiger partial charge in [-0.15, -0.1) is 24.0 Å². The van der Waals surface area contributed by atoms with Gasteiger partial charge in [-0.1, -0.05) is 67.6 Å². The second-order valence-corrected chi connectivity index (χ2v) is 8.19. The monoisotopic (exact) mass is 522 g/mol. The molecule has 2 aromatic carbocycles. The van der Waals surface area contributed by atoms with E-state index in [-0.39, 0.29) is 29.4 Å². The summed E-state index contributed by atoms with van der Waals surface area (Å²) in [5.74, 6) is 0.871. The maximum atomic E-state index is 5.32. The third-order valence-corrected chi connectivity index (χ3v) is 5.25. The number of aliphatic imine (C=N–C) groups is 1. The lowest BCUT2D eigenvalue weighted by Crippen LogP contribution is -2.51. The number of rotatable bonds is 10. The van der Waals surface area contributed by atoms with E-state index in [0.717, 1.165) is 58.3 Å². The van der Waals surface area contributed by atoms with Gasteiger partial charge in [-0.05, 0) is 17.5 Å². The Balaban J connectivity index is 0.00000320. The standard InChI is InChI=1S/C24H34N4O.HI/c1-24(19-29-20-24)18-27-23(25-2)26-14-9-15-28(16-21-10-5-3-6-11-21)17-22-12-7-4-8-13-22;/h3-8,10-13H,9,14-20H2,1-2H3,(H2,25,26,27);1H. The first-order valence-corrected chi connectivity index (χ1v) is 10.5. The van der Waals surface area contributed by atoms with Gasteiger partial charge in [0, 0.05) is 45.2 Å². The highest BCUT2D eigenvalue weighted by Gasteiger charge is 2.33. The van der Waals surface area contributed by atoms with Gasteiger partial charge in [0.05, 0.1) is 13.2 Å². The molecule has 1 aliphatic heterocycles. The fraction of sp³-hybridized carbons (Fsp3) is 0.458. The average Bonchev–Trinajstić information content (AvgIpc) is 2.73. The zero-order chi connectivity index (χ0) is 20.4. The summed E-state index contributed by atoms with van der Waals surface area (Å²) in [6.07, 6.45) is 1.06. The molecule has 0 radical (unpaired) electrons. The molecule has 1 heterocycles. The predicted molar refractivity (Wildman–Crippen MR) is 135 cm³/mol. The van der Waals surface area contributed by atoms with Gasteiger partial charge in [0.25, 0.3) is 0 Å². The lowest BCUT2D eigenvalue weighted by atomic mass is 9.89. The van der Waals surface area contributed by atoms with Gasteiger partial charge in [0.2, 0.25) is 0 Å². The molecule has 1 aliphatic rings. The molecule has 164 valence electrons. The largest absolute Gasteiger partial charge is 0.380 e. The highest BCUT2D eigenvalue weighted by atomic mass is 127. The molecule has 2 N–H and O–H groups in total. The van der Waals surface area contributed by atoms with Crippen LogP contribution in [0.15, 0.2) is 65.7 Å². The number of guanidine groups is 1. The van der Waals surface area contributed by atoms with E-state index >= 15 is 0 Å². The Morgan fingerprint density at radius 1 is 0.967 bits per heavy atom. The van der Waals surface area contributed by atoms with Crippen molar-refractivity contribution < 1.29 is 4.74 Å². The van der Waals surface area contributed by atoms with E-state index in [4.69, 9.17) is 4.74 Å². The minimum absolute atomic E-state index is 0. The highest BCUT2D eigenvalue weighted by Crippen LogP contribution is 2.24. The van der Waals surface area contributed by atoms with Crippen LogP contribution in [-0.4, -0.2) is 50.8 Å². The smallest absolute Gasteiger partial charge is 0.191 e. The van der Waals surface area contributed by atoms with Crippen LogP contribution >= 0.6 is 24.0 Å². The van der Waals surface area contributed by atoms with Gasteiger partial charge in [0.15, 0.2) is 5.96 Å². The molecule has 0 aromatic heterocycles. The third kappa shape index (κ3) is 8.24. The van der Waals surface area contributed by atoms with Gasteiger partial charge in [-0.25, -0.2) is 0 Å². The molecule has 6 heteroatoms. The average molecular weight is 522 g/mol. The Morgan fingerprint density at radius 3 is 2.00 bits per heavy atom. The van der Waals surface area contributed by atoms with Crippen LogP contribution < -0.4 is 10.6 Å². The molecule has 3 rings (SSSR count). The summed E-state index contributed by atoms with van der Waals surface area (Å²) in [6, 6.07) is 21.4. The summed E-state index contributed by atoms with van der Waals surface area (Å²) in [4.78, 5) is 6.85. The van der Waals surface area contributed by atoms with Crippen LogP contribution in [0.1, 0.15) is 24.5 Å². The van der Waals surface area contributed by atoms with E-state index in [1.807, 2.05) is 7.05 Å². The van der Waals surface area contributed by atoms with Crippen LogP contribution in [0.2, 0.25) is 0 Å². The summed E-state index contributed by atoms with van der Waals surface area (Å²) < 4.78 is 5.32. The van der Waals surface area contributed by atoms with Crippen molar-refractivity contribution in [2.45, 2.75) is 26.4 Å². The van der Waals surface area contributed by atoms with E-state index in [9.17, 15) is 0 Å². The maximum Gasteiger partial charge on any atom is 0.191 e. The van der Waals surface area contributed by atoms with E-state index in [0.29, 0.717) is 0 Å². The molecule has 0 unspecified atom stereocenters. The Labute approximate surface area is 198 Å². The van der Waals surface area contributed by atoms with Crippen molar-refractivity contribution in [1.82, 2.24) is 15.5 Å². The lowest BCUT2D eigenvalue weighted by molar-refractivity contribution is -0.0971. The van der Waals surface area contributed by atoms with Gasteiger partial charge >= 0.3 is 0 Å². The SMILES string of the molecule is CN=C(NCCCN(Cc1ccccc1)Cc1ccccc1)NCC1(C)COC1.I. The predicted octanol–water partition coefficient (Wildman–Crippen LogP) is 3.90.